The van der Waals surface area contributed by atoms with E-state index >= 15 is 0 Å². The van der Waals surface area contributed by atoms with Crippen molar-refractivity contribution in [3.8, 4) is 0 Å². The van der Waals surface area contributed by atoms with E-state index in [4.69, 9.17) is 4.84 Å². The van der Waals surface area contributed by atoms with Crippen LogP contribution in [0.2, 0.25) is 0 Å². The van der Waals surface area contributed by atoms with Gasteiger partial charge in [0.2, 0.25) is 0 Å². The second-order valence-corrected chi connectivity index (χ2v) is 3.83. The average Bonchev–Trinajstić information content (AvgIpc) is 3.01. The van der Waals surface area contributed by atoms with Crippen molar-refractivity contribution in [1.29, 1.82) is 0 Å². The molecule has 0 aromatic carbocycles. The second-order valence-electron chi connectivity index (χ2n) is 3.83. The molecule has 0 spiro atoms. The van der Waals surface area contributed by atoms with E-state index in [0.717, 1.165) is 23.4 Å². The Morgan fingerprint density at radius 3 is 2.65 bits per heavy atom. The van der Waals surface area contributed by atoms with Gasteiger partial charge in [-0.15, -0.1) is 0 Å². The third-order valence-corrected chi connectivity index (χ3v) is 2.68. The summed E-state index contributed by atoms with van der Waals surface area (Å²) in [6.07, 6.45) is 5.97. The minimum absolute atomic E-state index is 0. The summed E-state index contributed by atoms with van der Waals surface area (Å²) in [5, 5.41) is 4.10. The van der Waals surface area contributed by atoms with Gasteiger partial charge in [-0.2, -0.15) is 0 Å². The van der Waals surface area contributed by atoms with Crippen molar-refractivity contribution in [3.05, 3.63) is 60.2 Å². The molecule has 0 saturated carbocycles. The summed E-state index contributed by atoms with van der Waals surface area (Å²) in [5.41, 5.74) is 7.34. The molecule has 0 radical (unpaired) electrons. The molecule has 1 unspecified atom stereocenters. The molecule has 1 atom stereocenters. The van der Waals surface area contributed by atoms with Gasteiger partial charge in [0.15, 0.2) is 6.10 Å². The third kappa shape index (κ3) is 3.61. The third-order valence-electron chi connectivity index (χ3n) is 2.68. The molecule has 106 valence electrons. The normalized spacial score (nSPS) is 16.1. The van der Waals surface area contributed by atoms with Crippen molar-refractivity contribution in [2.24, 2.45) is 10.9 Å². The van der Waals surface area contributed by atoms with Gasteiger partial charge in [-0.3, -0.25) is 9.97 Å². The molecule has 3 heterocycles. The first-order chi connectivity index (χ1) is 9.43. The maximum atomic E-state index is 5.40. The number of rotatable bonds is 2. The molecule has 2 aromatic heterocycles. The highest BCUT2D eigenvalue weighted by molar-refractivity contribution is 6.00. The topological polar surface area (TPSA) is 73.4 Å². The van der Waals surface area contributed by atoms with E-state index in [1.165, 1.54) is 7.05 Å². The predicted octanol–water partition coefficient (Wildman–Crippen LogP) is 2.55. The first kappa shape index (κ1) is 15.8. The summed E-state index contributed by atoms with van der Waals surface area (Å²) in [6, 6.07) is 9.67. The molecule has 5 nitrogen and oxygen atoms in total. The Bertz CT molecular complexity index is 528. The molecule has 0 amide bonds. The highest BCUT2D eigenvalue weighted by Crippen LogP contribution is 2.27. The maximum absolute atomic E-state index is 5.40. The Balaban J connectivity index is 0.000000639. The number of pyridine rings is 2. The smallest absolute Gasteiger partial charge is 0.174 e. The lowest BCUT2D eigenvalue weighted by Gasteiger charge is -2.05. The Kier molecular flexibility index (Phi) is 6.32. The fraction of sp³-hybridized carbons (Fsp3) is 0.267. The molecule has 0 aliphatic carbocycles. The fourth-order valence-electron chi connectivity index (χ4n) is 1.81. The molecular weight excluding hydrogens is 252 g/mol. The monoisotopic (exact) mass is 272 g/mol. The molecule has 0 saturated heterocycles. The van der Waals surface area contributed by atoms with Crippen LogP contribution in [0.4, 0.5) is 0 Å². The van der Waals surface area contributed by atoms with Crippen LogP contribution < -0.4 is 5.73 Å². The lowest BCUT2D eigenvalue weighted by atomic mass is 10.0. The van der Waals surface area contributed by atoms with E-state index in [1.54, 1.807) is 18.6 Å². The first-order valence-electron chi connectivity index (χ1n) is 6.05. The lowest BCUT2D eigenvalue weighted by Crippen LogP contribution is -2.03. The molecule has 2 aromatic rings. The largest absolute Gasteiger partial charge is 0.385 e. The molecule has 3 rings (SSSR count). The lowest BCUT2D eigenvalue weighted by molar-refractivity contribution is 0.0826. The minimum Gasteiger partial charge on any atom is -0.385 e. The molecule has 1 aliphatic rings. The zero-order valence-corrected chi connectivity index (χ0v) is 10.7. The molecule has 2 N–H and O–H groups in total. The van der Waals surface area contributed by atoms with Crippen molar-refractivity contribution in [2.45, 2.75) is 20.0 Å². The Morgan fingerprint density at radius 1 is 1.15 bits per heavy atom. The summed E-state index contributed by atoms with van der Waals surface area (Å²) in [7, 11) is 1.50. The molecule has 20 heavy (non-hydrogen) atoms. The standard InChI is InChI=1S/C13H11N3O.CH5N.CH4/c1-2-7-15-11(5-1)13-8-12(16-17-13)10-4-3-6-14-9-10;1-2;/h1-7,9,13H,8H2;2H2,1H3;1H4. The number of nitrogens with zero attached hydrogens (tertiary/aromatic N) is 3. The average molecular weight is 272 g/mol. The second kappa shape index (κ2) is 8.01. The van der Waals surface area contributed by atoms with Crippen molar-refractivity contribution >= 4 is 5.71 Å². The van der Waals surface area contributed by atoms with Crippen LogP contribution in [-0.4, -0.2) is 22.7 Å². The summed E-state index contributed by atoms with van der Waals surface area (Å²) in [4.78, 5) is 13.8. The van der Waals surface area contributed by atoms with Crippen LogP contribution in [0.3, 0.4) is 0 Å². The van der Waals surface area contributed by atoms with Gasteiger partial charge in [0.05, 0.1) is 11.4 Å². The van der Waals surface area contributed by atoms with Gasteiger partial charge in [0.1, 0.15) is 0 Å². The van der Waals surface area contributed by atoms with Crippen molar-refractivity contribution in [3.63, 3.8) is 0 Å². The number of hydrogen-bond acceptors (Lipinski definition) is 5. The number of nitrogens with two attached hydrogens (primary N) is 1. The quantitative estimate of drug-likeness (QED) is 0.911. The Hall–Kier alpha value is -2.27. The summed E-state index contributed by atoms with van der Waals surface area (Å²) < 4.78 is 0. The van der Waals surface area contributed by atoms with Crippen LogP contribution in [-0.2, 0) is 4.84 Å². The fourth-order valence-corrected chi connectivity index (χ4v) is 1.81. The zero-order valence-electron chi connectivity index (χ0n) is 10.7. The van der Waals surface area contributed by atoms with Gasteiger partial charge in [-0.1, -0.05) is 18.6 Å². The van der Waals surface area contributed by atoms with Crippen LogP contribution in [0.1, 0.15) is 31.2 Å². The first-order valence-corrected chi connectivity index (χ1v) is 6.05. The Labute approximate surface area is 119 Å². The van der Waals surface area contributed by atoms with Crippen molar-refractivity contribution in [1.82, 2.24) is 9.97 Å². The number of oxime groups is 1. The van der Waals surface area contributed by atoms with E-state index in [0.29, 0.717) is 0 Å². The maximum Gasteiger partial charge on any atom is 0.174 e. The summed E-state index contributed by atoms with van der Waals surface area (Å²) in [6.45, 7) is 0. The van der Waals surface area contributed by atoms with Gasteiger partial charge in [-0.05, 0) is 31.3 Å². The molecule has 1 aliphatic heterocycles. The van der Waals surface area contributed by atoms with Gasteiger partial charge in [-0.25, -0.2) is 0 Å². The van der Waals surface area contributed by atoms with Crippen molar-refractivity contribution in [2.75, 3.05) is 7.05 Å². The van der Waals surface area contributed by atoms with Crippen molar-refractivity contribution < 1.29 is 4.84 Å². The molecular formula is C15H20N4O. The van der Waals surface area contributed by atoms with E-state index in [-0.39, 0.29) is 13.5 Å². The predicted molar refractivity (Wildman–Crippen MR) is 80.3 cm³/mol. The van der Waals surface area contributed by atoms with E-state index in [9.17, 15) is 0 Å². The SMILES string of the molecule is C.CN.c1ccc(C2CC(c3cccnc3)=NO2)nc1. The minimum atomic E-state index is -0.0774. The summed E-state index contributed by atoms with van der Waals surface area (Å²) in [5.74, 6) is 0. The van der Waals surface area contributed by atoms with Crippen LogP contribution in [0.5, 0.6) is 0 Å². The highest BCUT2D eigenvalue weighted by atomic mass is 16.6. The van der Waals surface area contributed by atoms with Gasteiger partial charge < -0.3 is 10.6 Å². The van der Waals surface area contributed by atoms with Crippen LogP contribution in [0.25, 0.3) is 0 Å². The van der Waals surface area contributed by atoms with Gasteiger partial charge in [0.25, 0.3) is 0 Å². The van der Waals surface area contributed by atoms with Crippen LogP contribution >= 0.6 is 0 Å². The molecule has 0 fully saturated rings. The van der Waals surface area contributed by atoms with E-state index in [2.05, 4.69) is 20.9 Å². The Morgan fingerprint density at radius 2 is 2.00 bits per heavy atom. The number of aromatic nitrogens is 2. The zero-order chi connectivity index (χ0) is 13.5. The molecule has 0 bridgehead atoms. The number of hydrogen-bond donors (Lipinski definition) is 1. The molecule has 5 heteroatoms. The summed E-state index contributed by atoms with van der Waals surface area (Å²) >= 11 is 0. The van der Waals surface area contributed by atoms with Gasteiger partial charge in [0, 0.05) is 30.6 Å². The van der Waals surface area contributed by atoms with Crippen LogP contribution in [0, 0.1) is 0 Å². The van der Waals surface area contributed by atoms with E-state index < -0.39 is 0 Å². The van der Waals surface area contributed by atoms with Crippen LogP contribution in [0.15, 0.2) is 54.1 Å². The van der Waals surface area contributed by atoms with Gasteiger partial charge >= 0.3 is 0 Å². The van der Waals surface area contributed by atoms with E-state index in [1.807, 2.05) is 30.3 Å². The highest BCUT2D eigenvalue weighted by Gasteiger charge is 2.24.